The number of hydrogen-bond acceptors (Lipinski definition) is 5. The van der Waals surface area contributed by atoms with Gasteiger partial charge in [0.2, 0.25) is 11.8 Å². The van der Waals surface area contributed by atoms with Crippen LogP contribution in [0.1, 0.15) is 51.7 Å². The third-order valence-electron chi connectivity index (χ3n) is 10.3. The van der Waals surface area contributed by atoms with E-state index in [0.29, 0.717) is 24.7 Å². The summed E-state index contributed by atoms with van der Waals surface area (Å²) in [5, 5.41) is 8.21. The summed E-state index contributed by atoms with van der Waals surface area (Å²) in [6.07, 6.45) is 3.08. The number of carbonyl (C=O) groups excluding carboxylic acids is 2. The molecule has 0 spiro atoms. The Morgan fingerprint density at radius 1 is 0.905 bits per heavy atom. The van der Waals surface area contributed by atoms with Gasteiger partial charge in [0.05, 0.1) is 23.7 Å². The monoisotopic (exact) mass is 567 g/mol. The van der Waals surface area contributed by atoms with Crippen LogP contribution in [0.2, 0.25) is 0 Å². The van der Waals surface area contributed by atoms with Crippen molar-refractivity contribution in [2.24, 2.45) is 23.0 Å². The number of rotatable bonds is 9. The highest BCUT2D eigenvalue weighted by Gasteiger charge is 2.68. The van der Waals surface area contributed by atoms with Crippen molar-refractivity contribution in [1.82, 2.24) is 10.6 Å². The minimum atomic E-state index is -0.777. The van der Waals surface area contributed by atoms with Crippen LogP contribution in [0, 0.1) is 17.3 Å². The summed E-state index contributed by atoms with van der Waals surface area (Å²) < 4.78 is 13.3. The summed E-state index contributed by atoms with van der Waals surface area (Å²) >= 11 is 0. The molecule has 3 aromatic rings. The average molecular weight is 568 g/mol. The first-order valence-corrected chi connectivity index (χ1v) is 15.3. The van der Waals surface area contributed by atoms with Gasteiger partial charge in [-0.05, 0) is 78.7 Å². The smallest absolute Gasteiger partial charge is 0.404 e. The highest BCUT2D eigenvalue weighted by molar-refractivity contribution is 6.48. The molecule has 0 unspecified atom stereocenters. The number of amides is 2. The summed E-state index contributed by atoms with van der Waals surface area (Å²) in [5.41, 5.74) is 8.19. The van der Waals surface area contributed by atoms with Gasteiger partial charge < -0.3 is 25.7 Å². The highest BCUT2D eigenvalue weighted by atomic mass is 16.7. The van der Waals surface area contributed by atoms with Gasteiger partial charge in [-0.1, -0.05) is 86.6 Å². The zero-order valence-corrected chi connectivity index (χ0v) is 25.0. The Hall–Kier alpha value is -3.20. The Morgan fingerprint density at radius 3 is 2.36 bits per heavy atom. The van der Waals surface area contributed by atoms with Crippen molar-refractivity contribution in [2.75, 3.05) is 0 Å². The number of carbonyl (C=O) groups is 2. The average Bonchev–Trinajstić information content (AvgIpc) is 3.34. The quantitative estimate of drug-likeness (QED) is 0.337. The van der Waals surface area contributed by atoms with Crippen LogP contribution in [0.4, 0.5) is 0 Å². The van der Waals surface area contributed by atoms with E-state index in [4.69, 9.17) is 15.0 Å². The Labute approximate surface area is 249 Å². The molecular formula is C34H42BN3O4. The molecule has 1 saturated heterocycles. The lowest BCUT2D eigenvalue weighted by molar-refractivity contribution is -0.199. The molecule has 42 heavy (non-hydrogen) atoms. The first kappa shape index (κ1) is 28.9. The fourth-order valence-corrected chi connectivity index (χ4v) is 7.56. The Morgan fingerprint density at radius 2 is 1.62 bits per heavy atom. The van der Waals surface area contributed by atoms with Gasteiger partial charge in [0.25, 0.3) is 0 Å². The Balaban J connectivity index is 1.11. The second-order valence-corrected chi connectivity index (χ2v) is 13.4. The first-order chi connectivity index (χ1) is 20.0. The van der Waals surface area contributed by atoms with E-state index in [1.165, 1.54) is 0 Å². The lowest BCUT2D eigenvalue weighted by Crippen LogP contribution is -2.65. The van der Waals surface area contributed by atoms with Crippen LogP contribution in [0.15, 0.2) is 72.8 Å². The maximum atomic E-state index is 13.5. The van der Waals surface area contributed by atoms with Gasteiger partial charge in [0.1, 0.15) is 6.04 Å². The Bertz CT molecular complexity index is 1470. The van der Waals surface area contributed by atoms with Crippen LogP contribution in [0.5, 0.6) is 0 Å². The predicted molar refractivity (Wildman–Crippen MR) is 165 cm³/mol. The standard InChI is InChI=1S/C34H42BN3O4/c1-21(37-32(40)27(36)17-23-14-15-24-12-8-9-13-25(24)16-23)31(39)38-30(18-22-10-6-5-7-11-22)35-41-29-20-26-19-28(33(26,2)3)34(29,4)42-35/h5-16,21,26-30H,17-20,36H2,1-4H3,(H,37,40)(H,38,39)/t21-,26+,27+,28+,29-,30-,34+/m0/s1. The van der Waals surface area contributed by atoms with E-state index >= 15 is 0 Å². The van der Waals surface area contributed by atoms with E-state index in [-0.39, 0.29) is 28.9 Å². The molecule has 8 heteroatoms. The lowest BCUT2D eigenvalue weighted by Gasteiger charge is -2.64. The van der Waals surface area contributed by atoms with Crippen molar-refractivity contribution in [2.45, 2.75) is 83.1 Å². The number of benzene rings is 3. The summed E-state index contributed by atoms with van der Waals surface area (Å²) in [5.74, 6) is -0.0000983. The minimum Gasteiger partial charge on any atom is -0.404 e. The fourth-order valence-electron chi connectivity index (χ4n) is 7.56. The largest absolute Gasteiger partial charge is 0.482 e. The van der Waals surface area contributed by atoms with Crippen LogP contribution >= 0.6 is 0 Å². The van der Waals surface area contributed by atoms with E-state index in [2.05, 4.69) is 43.5 Å². The van der Waals surface area contributed by atoms with Crippen LogP contribution in [-0.4, -0.2) is 48.7 Å². The van der Waals surface area contributed by atoms with E-state index in [1.807, 2.05) is 60.7 Å². The topological polar surface area (TPSA) is 103 Å². The molecule has 3 aromatic carbocycles. The molecule has 220 valence electrons. The SMILES string of the molecule is C[C@H](NC(=O)[C@H](N)Cc1ccc2ccccc2c1)C(=O)N[C@@H](Cc1ccccc1)B1O[C@H]2C[C@H]3C[C@H](C3(C)C)[C@@]2(C)O1. The van der Waals surface area contributed by atoms with Gasteiger partial charge in [0, 0.05) is 0 Å². The second-order valence-electron chi connectivity index (χ2n) is 13.4. The van der Waals surface area contributed by atoms with Crippen molar-refractivity contribution in [3.8, 4) is 0 Å². The number of nitrogens with one attached hydrogen (secondary N) is 2. The molecule has 0 radical (unpaired) electrons. The molecule has 2 amide bonds. The van der Waals surface area contributed by atoms with Crippen LogP contribution in [0.3, 0.4) is 0 Å². The predicted octanol–water partition coefficient (Wildman–Crippen LogP) is 4.21. The van der Waals surface area contributed by atoms with Gasteiger partial charge in [-0.15, -0.1) is 0 Å². The number of nitrogens with two attached hydrogens (primary N) is 1. The van der Waals surface area contributed by atoms with E-state index in [1.54, 1.807) is 6.92 Å². The van der Waals surface area contributed by atoms with Crippen molar-refractivity contribution >= 4 is 29.7 Å². The summed E-state index contributed by atoms with van der Waals surface area (Å²) in [6.45, 7) is 8.54. The molecule has 0 aromatic heterocycles. The summed E-state index contributed by atoms with van der Waals surface area (Å²) in [6, 6.07) is 22.6. The summed E-state index contributed by atoms with van der Waals surface area (Å²) in [7, 11) is -0.572. The molecule has 7 nitrogen and oxygen atoms in total. The molecule has 2 bridgehead atoms. The molecular weight excluding hydrogens is 525 g/mol. The second kappa shape index (κ2) is 11.1. The number of hydrogen-bond donors (Lipinski definition) is 3. The fraction of sp³-hybridized carbons (Fsp3) is 0.471. The molecule has 7 rings (SSSR count). The van der Waals surface area contributed by atoms with Gasteiger partial charge >= 0.3 is 7.12 Å². The molecule has 3 aliphatic carbocycles. The van der Waals surface area contributed by atoms with Crippen LogP contribution in [0.25, 0.3) is 10.8 Å². The molecule has 4 fully saturated rings. The molecule has 4 N–H and O–H groups in total. The van der Waals surface area contributed by atoms with Gasteiger partial charge in [-0.2, -0.15) is 0 Å². The molecule has 3 saturated carbocycles. The maximum absolute atomic E-state index is 13.5. The zero-order chi connectivity index (χ0) is 29.6. The Kier molecular flexibility index (Phi) is 7.67. The number of fused-ring (bicyclic) bond motifs is 1. The normalized spacial score (nSPS) is 27.8. The highest BCUT2D eigenvalue weighted by Crippen LogP contribution is 2.65. The summed E-state index contributed by atoms with van der Waals surface area (Å²) in [4.78, 5) is 26.5. The third kappa shape index (κ3) is 5.36. The lowest BCUT2D eigenvalue weighted by atomic mass is 9.43. The molecule has 1 heterocycles. The van der Waals surface area contributed by atoms with Crippen molar-refractivity contribution in [1.29, 1.82) is 0 Å². The van der Waals surface area contributed by atoms with Crippen LogP contribution in [-0.2, 0) is 31.7 Å². The van der Waals surface area contributed by atoms with Crippen LogP contribution < -0.4 is 16.4 Å². The minimum absolute atomic E-state index is 0.0136. The first-order valence-electron chi connectivity index (χ1n) is 15.3. The van der Waals surface area contributed by atoms with Crippen molar-refractivity contribution < 1.29 is 18.9 Å². The molecule has 4 aliphatic rings. The van der Waals surface area contributed by atoms with Gasteiger partial charge in [0.15, 0.2) is 0 Å². The van der Waals surface area contributed by atoms with E-state index in [9.17, 15) is 9.59 Å². The van der Waals surface area contributed by atoms with Gasteiger partial charge in [-0.3, -0.25) is 9.59 Å². The van der Waals surface area contributed by atoms with E-state index in [0.717, 1.165) is 34.7 Å². The molecule has 7 atom stereocenters. The van der Waals surface area contributed by atoms with Crippen molar-refractivity contribution in [3.63, 3.8) is 0 Å². The van der Waals surface area contributed by atoms with E-state index < -0.39 is 25.1 Å². The molecule has 1 aliphatic heterocycles. The maximum Gasteiger partial charge on any atom is 0.482 e. The third-order valence-corrected chi connectivity index (χ3v) is 10.3. The zero-order valence-electron chi connectivity index (χ0n) is 25.0. The van der Waals surface area contributed by atoms with Gasteiger partial charge in [-0.25, -0.2) is 0 Å². The van der Waals surface area contributed by atoms with Crippen molar-refractivity contribution in [3.05, 3.63) is 83.9 Å².